The molecular formula is C21H21FN2O5S. The van der Waals surface area contributed by atoms with Gasteiger partial charge in [0.2, 0.25) is 5.91 Å². The zero-order valence-electron chi connectivity index (χ0n) is 16.6. The molecule has 2 N–H and O–H groups in total. The number of thioether (sulfide) groups is 1. The predicted octanol–water partition coefficient (Wildman–Crippen LogP) is 2.62. The van der Waals surface area contributed by atoms with Gasteiger partial charge in [0.15, 0.2) is 0 Å². The van der Waals surface area contributed by atoms with Crippen molar-refractivity contribution in [3.05, 3.63) is 41.7 Å². The lowest BCUT2D eigenvalue weighted by Gasteiger charge is -2.43. The number of carboxylic acid groups (broad SMARTS) is 1. The van der Waals surface area contributed by atoms with Crippen LogP contribution in [-0.2, 0) is 9.59 Å². The third-order valence-electron chi connectivity index (χ3n) is 5.43. The number of β-lactam (4-membered cyclic amide) rings is 1. The average molecular weight is 432 g/mol. The molecule has 0 radical (unpaired) electrons. The van der Waals surface area contributed by atoms with Gasteiger partial charge in [0.05, 0.1) is 12.2 Å². The molecule has 2 aromatic carbocycles. The number of nitrogens with zero attached hydrogens (tertiary/aromatic N) is 1. The lowest BCUT2D eigenvalue weighted by molar-refractivity contribution is -0.159. The van der Waals surface area contributed by atoms with Crippen LogP contribution in [0.4, 0.5) is 4.39 Å². The first-order valence-corrected chi connectivity index (χ1v) is 10.4. The molecule has 0 spiro atoms. The number of rotatable bonds is 5. The molecule has 0 aliphatic carbocycles. The highest BCUT2D eigenvalue weighted by Crippen LogP contribution is 2.50. The molecular weight excluding hydrogens is 411 g/mol. The predicted molar refractivity (Wildman–Crippen MR) is 110 cm³/mol. The van der Waals surface area contributed by atoms with Crippen molar-refractivity contribution in [3.8, 4) is 5.75 Å². The molecule has 4 rings (SSSR count). The van der Waals surface area contributed by atoms with Gasteiger partial charge in [-0.25, -0.2) is 9.18 Å². The van der Waals surface area contributed by atoms with Crippen molar-refractivity contribution in [1.29, 1.82) is 0 Å². The number of benzene rings is 2. The van der Waals surface area contributed by atoms with E-state index in [1.807, 2.05) is 0 Å². The summed E-state index contributed by atoms with van der Waals surface area (Å²) in [5.41, 5.74) is 0.150. The van der Waals surface area contributed by atoms with E-state index in [1.165, 1.54) is 28.8 Å². The van der Waals surface area contributed by atoms with Crippen molar-refractivity contribution < 1.29 is 28.6 Å². The maximum absolute atomic E-state index is 13.9. The Kier molecular flexibility index (Phi) is 4.88. The van der Waals surface area contributed by atoms with Crippen LogP contribution in [0, 0.1) is 5.82 Å². The van der Waals surface area contributed by atoms with Crippen molar-refractivity contribution in [1.82, 2.24) is 10.2 Å². The number of hydrogen-bond acceptors (Lipinski definition) is 5. The number of ether oxygens (including phenoxy) is 1. The van der Waals surface area contributed by atoms with Crippen molar-refractivity contribution in [3.63, 3.8) is 0 Å². The Morgan fingerprint density at radius 2 is 2.00 bits per heavy atom. The Labute approximate surface area is 176 Å². The van der Waals surface area contributed by atoms with Crippen LogP contribution in [-0.4, -0.2) is 56.6 Å². The smallest absolute Gasteiger partial charge is 0.327 e. The summed E-state index contributed by atoms with van der Waals surface area (Å²) in [7, 11) is 0. The van der Waals surface area contributed by atoms with E-state index in [0.29, 0.717) is 23.1 Å². The minimum atomic E-state index is -1.07. The number of halogens is 1. The maximum Gasteiger partial charge on any atom is 0.327 e. The van der Waals surface area contributed by atoms with Crippen LogP contribution in [0.25, 0.3) is 10.8 Å². The molecule has 30 heavy (non-hydrogen) atoms. The molecule has 9 heteroatoms. The van der Waals surface area contributed by atoms with E-state index < -0.39 is 45.8 Å². The lowest BCUT2D eigenvalue weighted by atomic mass is 9.95. The summed E-state index contributed by atoms with van der Waals surface area (Å²) in [5.74, 6) is -2.28. The number of carboxylic acids is 1. The zero-order chi connectivity index (χ0) is 21.8. The lowest BCUT2D eigenvalue weighted by Crippen LogP contribution is -2.70. The Hall–Kier alpha value is -2.81. The molecule has 2 amide bonds. The van der Waals surface area contributed by atoms with Crippen LogP contribution in [0.15, 0.2) is 30.3 Å². The van der Waals surface area contributed by atoms with Gasteiger partial charge in [0.25, 0.3) is 5.91 Å². The van der Waals surface area contributed by atoms with E-state index in [9.17, 15) is 23.9 Å². The van der Waals surface area contributed by atoms with Gasteiger partial charge in [0.1, 0.15) is 29.0 Å². The summed E-state index contributed by atoms with van der Waals surface area (Å²) in [5, 5.41) is 12.8. The van der Waals surface area contributed by atoms with Crippen molar-refractivity contribution >= 4 is 40.3 Å². The van der Waals surface area contributed by atoms with E-state index in [4.69, 9.17) is 4.74 Å². The molecule has 0 aromatic heterocycles. The Morgan fingerprint density at radius 3 is 2.67 bits per heavy atom. The van der Waals surface area contributed by atoms with E-state index in [0.717, 1.165) is 0 Å². The van der Waals surface area contributed by atoms with E-state index in [2.05, 4.69) is 5.32 Å². The molecule has 2 fully saturated rings. The maximum atomic E-state index is 13.9. The van der Waals surface area contributed by atoms with Crippen LogP contribution in [0.2, 0.25) is 0 Å². The molecule has 0 bridgehead atoms. The quantitative estimate of drug-likeness (QED) is 0.706. The first-order valence-electron chi connectivity index (χ1n) is 9.54. The normalized spacial score (nSPS) is 24.3. The fourth-order valence-electron chi connectivity index (χ4n) is 4.14. The highest BCUT2D eigenvalue weighted by Gasteiger charge is 2.64. The van der Waals surface area contributed by atoms with Crippen molar-refractivity contribution in [2.75, 3.05) is 6.61 Å². The standard InChI is InChI=1S/C21H21FN2O5S/c1-4-29-13-8-6-10-5-7-11(22)9-12(10)14(13)17(25)23-15-18(26)24-16(20(27)28)21(2,3)30-19(15)24/h5-9,15-16,19H,4H2,1-3H3,(H,23,25)(H,27,28). The van der Waals surface area contributed by atoms with Crippen LogP contribution >= 0.6 is 11.8 Å². The average Bonchev–Trinajstić information content (AvgIpc) is 2.94. The van der Waals surface area contributed by atoms with Gasteiger partial charge in [-0.05, 0) is 44.4 Å². The molecule has 2 aromatic rings. The second-order valence-electron chi connectivity index (χ2n) is 7.79. The highest BCUT2D eigenvalue weighted by atomic mass is 32.2. The molecule has 3 unspecified atom stereocenters. The molecule has 2 saturated heterocycles. The van der Waals surface area contributed by atoms with Crippen LogP contribution in [0.5, 0.6) is 5.75 Å². The summed E-state index contributed by atoms with van der Waals surface area (Å²) in [4.78, 5) is 38.8. The van der Waals surface area contributed by atoms with E-state index in [-0.39, 0.29) is 5.56 Å². The summed E-state index contributed by atoms with van der Waals surface area (Å²) < 4.78 is 18.8. The van der Waals surface area contributed by atoms with Crippen LogP contribution < -0.4 is 10.1 Å². The zero-order valence-corrected chi connectivity index (χ0v) is 17.5. The van der Waals surface area contributed by atoms with Gasteiger partial charge < -0.3 is 20.1 Å². The van der Waals surface area contributed by atoms with Gasteiger partial charge >= 0.3 is 5.97 Å². The second kappa shape index (κ2) is 7.16. The third kappa shape index (κ3) is 3.08. The second-order valence-corrected chi connectivity index (χ2v) is 9.56. The summed E-state index contributed by atoms with van der Waals surface area (Å²) in [6.45, 7) is 5.61. The number of carbonyl (C=O) groups is 3. The largest absolute Gasteiger partial charge is 0.493 e. The molecule has 7 nitrogen and oxygen atoms in total. The van der Waals surface area contributed by atoms with Gasteiger partial charge in [-0.15, -0.1) is 11.8 Å². The number of amides is 2. The molecule has 3 atom stereocenters. The minimum Gasteiger partial charge on any atom is -0.493 e. The first-order chi connectivity index (χ1) is 14.2. The van der Waals surface area contributed by atoms with E-state index in [1.54, 1.807) is 39.0 Å². The van der Waals surface area contributed by atoms with Crippen molar-refractivity contribution in [2.24, 2.45) is 0 Å². The topological polar surface area (TPSA) is 95.9 Å². The monoisotopic (exact) mass is 432 g/mol. The summed E-state index contributed by atoms with van der Waals surface area (Å²) in [6.07, 6.45) is 0. The third-order valence-corrected chi connectivity index (χ3v) is 7.01. The number of carbonyl (C=O) groups excluding carboxylic acids is 2. The van der Waals surface area contributed by atoms with Gasteiger partial charge in [0, 0.05) is 10.1 Å². The molecule has 2 heterocycles. The van der Waals surface area contributed by atoms with Gasteiger partial charge in [-0.1, -0.05) is 12.1 Å². The molecule has 2 aliphatic rings. The first kappa shape index (κ1) is 20.5. The molecule has 0 saturated carbocycles. The molecule has 2 aliphatic heterocycles. The SMILES string of the molecule is CCOc1ccc2ccc(F)cc2c1C(=O)NC1C(=O)N2C1SC(C)(C)C2C(=O)O. The fourth-order valence-corrected chi connectivity index (χ4v) is 5.77. The minimum absolute atomic E-state index is 0.150. The number of fused-ring (bicyclic) bond motifs is 2. The Morgan fingerprint density at radius 1 is 1.30 bits per heavy atom. The Bertz CT molecular complexity index is 1070. The van der Waals surface area contributed by atoms with Crippen LogP contribution in [0.3, 0.4) is 0 Å². The summed E-state index contributed by atoms with van der Waals surface area (Å²) in [6, 6.07) is 5.70. The number of hydrogen-bond donors (Lipinski definition) is 2. The number of aliphatic carboxylic acids is 1. The highest BCUT2D eigenvalue weighted by molar-refractivity contribution is 8.01. The fraction of sp³-hybridized carbons (Fsp3) is 0.381. The van der Waals surface area contributed by atoms with Crippen molar-refractivity contribution in [2.45, 2.75) is 43.0 Å². The van der Waals surface area contributed by atoms with Gasteiger partial charge in [-0.3, -0.25) is 9.59 Å². The summed E-state index contributed by atoms with van der Waals surface area (Å²) >= 11 is 1.34. The Balaban J connectivity index is 1.66. The number of nitrogens with one attached hydrogen (secondary N) is 1. The molecule has 158 valence electrons. The van der Waals surface area contributed by atoms with E-state index >= 15 is 0 Å². The van der Waals surface area contributed by atoms with Gasteiger partial charge in [-0.2, -0.15) is 0 Å². The van der Waals surface area contributed by atoms with Crippen LogP contribution in [0.1, 0.15) is 31.1 Å².